The van der Waals surface area contributed by atoms with Gasteiger partial charge in [-0.2, -0.15) is 0 Å². The molecule has 1 aromatic rings. The van der Waals surface area contributed by atoms with E-state index in [0.29, 0.717) is 32.0 Å². The molecule has 0 bridgehead atoms. The lowest BCUT2D eigenvalue weighted by atomic mass is 9.86. The fourth-order valence-corrected chi connectivity index (χ4v) is 5.09. The normalized spacial score (nSPS) is 23.0. The number of amides is 3. The van der Waals surface area contributed by atoms with E-state index < -0.39 is 0 Å². The predicted molar refractivity (Wildman–Crippen MR) is 109 cm³/mol. The van der Waals surface area contributed by atoms with E-state index in [2.05, 4.69) is 14.8 Å². The fourth-order valence-electron chi connectivity index (χ4n) is 5.09. The minimum Gasteiger partial charge on any atom is -0.333 e. The van der Waals surface area contributed by atoms with Gasteiger partial charge in [-0.3, -0.25) is 4.79 Å². The van der Waals surface area contributed by atoms with Crippen molar-refractivity contribution >= 4 is 11.9 Å². The van der Waals surface area contributed by atoms with Crippen LogP contribution in [0.1, 0.15) is 75.5 Å². The Morgan fingerprint density at radius 2 is 1.72 bits per heavy atom. The molecule has 3 heterocycles. The lowest BCUT2D eigenvalue weighted by Gasteiger charge is -2.37. The van der Waals surface area contributed by atoms with Gasteiger partial charge < -0.3 is 19.3 Å². The van der Waals surface area contributed by atoms with Gasteiger partial charge in [-0.05, 0) is 38.0 Å². The zero-order valence-electron chi connectivity index (χ0n) is 17.8. The van der Waals surface area contributed by atoms with Crippen LogP contribution in [0.3, 0.4) is 0 Å². The highest BCUT2D eigenvalue weighted by Gasteiger charge is 2.35. The minimum absolute atomic E-state index is 0.0237. The Morgan fingerprint density at radius 3 is 2.48 bits per heavy atom. The van der Waals surface area contributed by atoms with Crippen molar-refractivity contribution in [2.24, 2.45) is 5.92 Å². The van der Waals surface area contributed by atoms with E-state index in [1.54, 1.807) is 19.0 Å². The molecule has 1 aromatic heterocycles. The van der Waals surface area contributed by atoms with E-state index in [1.165, 1.54) is 32.1 Å². The summed E-state index contributed by atoms with van der Waals surface area (Å²) >= 11 is 0. The van der Waals surface area contributed by atoms with Crippen LogP contribution in [0.4, 0.5) is 4.79 Å². The van der Waals surface area contributed by atoms with Crippen LogP contribution in [0.2, 0.25) is 0 Å². The average molecular weight is 403 g/mol. The van der Waals surface area contributed by atoms with Crippen LogP contribution in [0.5, 0.6) is 0 Å². The fraction of sp³-hybridized carbons (Fsp3) is 0.810. The number of rotatable bonds is 3. The van der Waals surface area contributed by atoms with Crippen molar-refractivity contribution in [3.63, 3.8) is 0 Å². The van der Waals surface area contributed by atoms with Crippen molar-refractivity contribution in [2.75, 3.05) is 27.2 Å². The molecule has 1 saturated heterocycles. The molecular weight excluding hydrogens is 368 g/mol. The van der Waals surface area contributed by atoms with Crippen molar-refractivity contribution in [3.05, 3.63) is 11.6 Å². The second kappa shape index (κ2) is 8.71. The summed E-state index contributed by atoms with van der Waals surface area (Å²) in [6.07, 6.45) is 9.94. The molecule has 2 fully saturated rings. The zero-order valence-corrected chi connectivity index (χ0v) is 17.8. The van der Waals surface area contributed by atoms with Crippen LogP contribution < -0.4 is 0 Å². The number of hydrogen-bond acceptors (Lipinski definition) is 4. The monoisotopic (exact) mass is 402 g/mol. The molecule has 0 spiro atoms. The van der Waals surface area contributed by atoms with E-state index in [-0.39, 0.29) is 18.0 Å². The average Bonchev–Trinajstić information content (AvgIpc) is 3.17. The molecule has 8 nitrogen and oxygen atoms in total. The summed E-state index contributed by atoms with van der Waals surface area (Å²) in [5, 5.41) is 8.90. The first-order valence-electron chi connectivity index (χ1n) is 11.2. The van der Waals surface area contributed by atoms with Gasteiger partial charge in [0.05, 0.1) is 12.6 Å². The van der Waals surface area contributed by atoms with Crippen molar-refractivity contribution in [1.82, 2.24) is 29.5 Å². The second-order valence-corrected chi connectivity index (χ2v) is 9.03. The smallest absolute Gasteiger partial charge is 0.320 e. The Morgan fingerprint density at radius 1 is 0.966 bits per heavy atom. The van der Waals surface area contributed by atoms with Crippen molar-refractivity contribution < 1.29 is 9.59 Å². The van der Waals surface area contributed by atoms with Crippen LogP contribution in [0.25, 0.3) is 0 Å². The molecule has 3 amide bonds. The predicted octanol–water partition coefficient (Wildman–Crippen LogP) is 2.80. The summed E-state index contributed by atoms with van der Waals surface area (Å²) in [7, 11) is 3.59. The number of fused-ring (bicyclic) bond motifs is 1. The standard InChI is InChI=1S/C21H34N6O2/c1-24(2)21(29)26-11-7-6-10-17(26)20-23-22-18-15-25(12-13-27(18)20)19(28)14-16-8-4-3-5-9-16/h16-17H,3-15H2,1-2H3. The molecule has 1 aliphatic carbocycles. The molecule has 29 heavy (non-hydrogen) atoms. The van der Waals surface area contributed by atoms with Crippen LogP contribution in [-0.2, 0) is 17.9 Å². The van der Waals surface area contributed by atoms with E-state index >= 15 is 0 Å². The molecule has 4 rings (SSSR count). The number of urea groups is 1. The maximum absolute atomic E-state index is 12.8. The Kier molecular flexibility index (Phi) is 6.06. The maximum atomic E-state index is 12.8. The quantitative estimate of drug-likeness (QED) is 0.779. The highest BCUT2D eigenvalue weighted by Crippen LogP contribution is 2.32. The number of carbonyl (C=O) groups is 2. The molecule has 0 N–H and O–H groups in total. The zero-order chi connectivity index (χ0) is 20.4. The first-order valence-corrected chi connectivity index (χ1v) is 11.2. The van der Waals surface area contributed by atoms with Crippen molar-refractivity contribution in [3.8, 4) is 0 Å². The number of aromatic nitrogens is 3. The minimum atomic E-state index is -0.0237. The van der Waals surface area contributed by atoms with Gasteiger partial charge in [-0.1, -0.05) is 19.3 Å². The van der Waals surface area contributed by atoms with Crippen LogP contribution in [0.15, 0.2) is 0 Å². The molecule has 8 heteroatoms. The summed E-state index contributed by atoms with van der Waals surface area (Å²) in [4.78, 5) is 31.0. The molecular formula is C21H34N6O2. The molecule has 2 aliphatic heterocycles. The number of carbonyl (C=O) groups excluding carboxylic acids is 2. The van der Waals surface area contributed by atoms with E-state index in [9.17, 15) is 9.59 Å². The van der Waals surface area contributed by atoms with E-state index in [1.807, 2.05) is 9.80 Å². The lowest BCUT2D eigenvalue weighted by Crippen LogP contribution is -2.45. The third-order valence-electron chi connectivity index (χ3n) is 6.75. The number of nitrogens with zero attached hydrogens (tertiary/aromatic N) is 6. The summed E-state index contributed by atoms with van der Waals surface area (Å²) in [6.45, 7) is 2.72. The van der Waals surface area contributed by atoms with Gasteiger partial charge in [0.25, 0.3) is 0 Å². The third kappa shape index (κ3) is 4.26. The summed E-state index contributed by atoms with van der Waals surface area (Å²) < 4.78 is 2.15. The highest BCUT2D eigenvalue weighted by molar-refractivity contribution is 5.76. The molecule has 1 saturated carbocycles. The van der Waals surface area contributed by atoms with Crippen molar-refractivity contribution in [2.45, 2.75) is 76.9 Å². The van der Waals surface area contributed by atoms with Crippen molar-refractivity contribution in [1.29, 1.82) is 0 Å². The molecule has 1 unspecified atom stereocenters. The molecule has 1 atom stereocenters. The largest absolute Gasteiger partial charge is 0.333 e. The Bertz CT molecular complexity index is 740. The summed E-state index contributed by atoms with van der Waals surface area (Å²) in [5.74, 6) is 2.55. The Balaban J connectivity index is 1.45. The summed E-state index contributed by atoms with van der Waals surface area (Å²) in [6, 6.07) is 0.0107. The molecule has 0 aromatic carbocycles. The number of hydrogen-bond donors (Lipinski definition) is 0. The van der Waals surface area contributed by atoms with Gasteiger partial charge >= 0.3 is 6.03 Å². The lowest BCUT2D eigenvalue weighted by molar-refractivity contribution is -0.134. The van der Waals surface area contributed by atoms with Gasteiger partial charge in [0.1, 0.15) is 0 Å². The Hall–Kier alpha value is -2.12. The van der Waals surface area contributed by atoms with E-state index in [4.69, 9.17) is 0 Å². The number of piperidine rings is 1. The maximum Gasteiger partial charge on any atom is 0.320 e. The molecule has 0 radical (unpaired) electrons. The SMILES string of the molecule is CN(C)C(=O)N1CCCCC1c1nnc2n1CCN(C(=O)CC1CCCCC1)C2. The third-order valence-corrected chi connectivity index (χ3v) is 6.75. The van der Waals surface area contributed by atoms with Gasteiger partial charge in [0.15, 0.2) is 11.6 Å². The van der Waals surface area contributed by atoms with Crippen LogP contribution >= 0.6 is 0 Å². The van der Waals surface area contributed by atoms with E-state index in [0.717, 1.165) is 37.5 Å². The first kappa shape index (κ1) is 20.2. The van der Waals surface area contributed by atoms with Gasteiger partial charge in [0, 0.05) is 40.2 Å². The Labute approximate surface area is 173 Å². The van der Waals surface area contributed by atoms with Gasteiger partial charge in [-0.15, -0.1) is 10.2 Å². The highest BCUT2D eigenvalue weighted by atomic mass is 16.2. The summed E-state index contributed by atoms with van der Waals surface area (Å²) in [5.41, 5.74) is 0. The van der Waals surface area contributed by atoms with Crippen LogP contribution in [-0.4, -0.2) is 68.6 Å². The molecule has 3 aliphatic rings. The topological polar surface area (TPSA) is 74.6 Å². The number of likely N-dealkylation sites (tertiary alicyclic amines) is 1. The van der Waals surface area contributed by atoms with Crippen LogP contribution in [0, 0.1) is 5.92 Å². The second-order valence-electron chi connectivity index (χ2n) is 9.03. The molecule has 160 valence electrons. The van der Waals surface area contributed by atoms with Gasteiger partial charge in [0.2, 0.25) is 5.91 Å². The first-order chi connectivity index (χ1) is 14.0. The van der Waals surface area contributed by atoms with Gasteiger partial charge in [-0.25, -0.2) is 4.79 Å².